The van der Waals surface area contributed by atoms with Crippen molar-refractivity contribution in [3.63, 3.8) is 0 Å². The number of hydrogen-bond donors (Lipinski definition) is 0. The molecule has 1 aliphatic rings. The number of carbonyl (C=O) groups excluding carboxylic acids is 1. The zero-order chi connectivity index (χ0) is 15.5. The minimum absolute atomic E-state index is 0.00169. The van der Waals surface area contributed by atoms with Crippen LogP contribution in [0.5, 0.6) is 11.5 Å². The molecule has 0 aromatic heterocycles. The molecule has 0 saturated heterocycles. The van der Waals surface area contributed by atoms with E-state index < -0.39 is 0 Å². The van der Waals surface area contributed by atoms with Gasteiger partial charge in [-0.05, 0) is 54.5 Å². The number of carbonyl (C=O) groups is 1. The summed E-state index contributed by atoms with van der Waals surface area (Å²) in [5.74, 6) is 1.69. The molecule has 1 heterocycles. The molecule has 0 aliphatic carbocycles. The Bertz CT molecular complexity index is 714. The first-order valence-corrected chi connectivity index (χ1v) is 7.32. The van der Waals surface area contributed by atoms with E-state index in [4.69, 9.17) is 9.47 Å². The maximum absolute atomic E-state index is 12.3. The standard InChI is InChI=1S/C19H18O3/c1-13-11-16-12-15(6-10-19(16)22-13)18(20)9-5-14-3-7-17(21-2)8-4-14/h3-10,12-13H,11H2,1-2H3/b9-5+. The van der Waals surface area contributed by atoms with Gasteiger partial charge >= 0.3 is 0 Å². The Balaban J connectivity index is 1.74. The van der Waals surface area contributed by atoms with E-state index in [-0.39, 0.29) is 11.9 Å². The summed E-state index contributed by atoms with van der Waals surface area (Å²) in [6.07, 6.45) is 4.46. The van der Waals surface area contributed by atoms with Crippen LogP contribution in [0.3, 0.4) is 0 Å². The molecule has 2 aromatic carbocycles. The van der Waals surface area contributed by atoms with Crippen molar-refractivity contribution < 1.29 is 14.3 Å². The lowest BCUT2D eigenvalue weighted by molar-refractivity contribution is 0.104. The summed E-state index contributed by atoms with van der Waals surface area (Å²) in [6.45, 7) is 2.03. The van der Waals surface area contributed by atoms with E-state index in [0.29, 0.717) is 5.56 Å². The second kappa shape index (κ2) is 6.06. The minimum atomic E-state index is -0.00169. The number of rotatable bonds is 4. The predicted octanol–water partition coefficient (Wildman–Crippen LogP) is 3.91. The van der Waals surface area contributed by atoms with Crippen LogP contribution in [0.2, 0.25) is 0 Å². The van der Waals surface area contributed by atoms with Crippen LogP contribution in [-0.2, 0) is 6.42 Å². The molecule has 1 atom stereocenters. The summed E-state index contributed by atoms with van der Waals surface area (Å²) < 4.78 is 10.8. The smallest absolute Gasteiger partial charge is 0.185 e. The molecule has 3 rings (SSSR count). The molecule has 0 bridgehead atoms. The van der Waals surface area contributed by atoms with Crippen LogP contribution in [0.15, 0.2) is 48.5 Å². The van der Waals surface area contributed by atoms with E-state index in [0.717, 1.165) is 29.0 Å². The van der Waals surface area contributed by atoms with Gasteiger partial charge in [-0.25, -0.2) is 0 Å². The fourth-order valence-corrected chi connectivity index (χ4v) is 2.56. The number of fused-ring (bicyclic) bond motifs is 1. The third-order valence-electron chi connectivity index (χ3n) is 3.72. The first kappa shape index (κ1) is 14.4. The van der Waals surface area contributed by atoms with Gasteiger partial charge in [0, 0.05) is 12.0 Å². The van der Waals surface area contributed by atoms with Gasteiger partial charge in [-0.2, -0.15) is 0 Å². The summed E-state index contributed by atoms with van der Waals surface area (Å²) in [7, 11) is 1.63. The molecule has 112 valence electrons. The van der Waals surface area contributed by atoms with Gasteiger partial charge in [0.15, 0.2) is 5.78 Å². The van der Waals surface area contributed by atoms with Crippen molar-refractivity contribution in [3.05, 3.63) is 65.2 Å². The van der Waals surface area contributed by atoms with Crippen LogP contribution >= 0.6 is 0 Å². The van der Waals surface area contributed by atoms with Gasteiger partial charge in [-0.3, -0.25) is 4.79 Å². The maximum Gasteiger partial charge on any atom is 0.185 e. The van der Waals surface area contributed by atoms with E-state index in [1.165, 1.54) is 0 Å². The molecule has 0 radical (unpaired) electrons. The molecule has 0 spiro atoms. The monoisotopic (exact) mass is 294 g/mol. The highest BCUT2D eigenvalue weighted by Gasteiger charge is 2.19. The third kappa shape index (κ3) is 3.03. The van der Waals surface area contributed by atoms with Crippen molar-refractivity contribution in [3.8, 4) is 11.5 Å². The van der Waals surface area contributed by atoms with Crippen LogP contribution in [0.25, 0.3) is 6.08 Å². The van der Waals surface area contributed by atoms with Gasteiger partial charge in [0.2, 0.25) is 0 Å². The van der Waals surface area contributed by atoms with Crippen molar-refractivity contribution in [2.75, 3.05) is 7.11 Å². The number of ketones is 1. The number of ether oxygens (including phenoxy) is 2. The Hall–Kier alpha value is -2.55. The Morgan fingerprint density at radius 1 is 1.23 bits per heavy atom. The zero-order valence-corrected chi connectivity index (χ0v) is 12.7. The molecule has 2 aromatic rings. The molecule has 22 heavy (non-hydrogen) atoms. The summed E-state index contributed by atoms with van der Waals surface area (Å²) in [4.78, 5) is 12.3. The van der Waals surface area contributed by atoms with E-state index in [1.807, 2.05) is 55.5 Å². The molecular weight excluding hydrogens is 276 g/mol. The number of benzene rings is 2. The molecule has 3 heteroatoms. The molecule has 0 fully saturated rings. The number of hydrogen-bond acceptors (Lipinski definition) is 3. The highest BCUT2D eigenvalue weighted by molar-refractivity contribution is 6.07. The lowest BCUT2D eigenvalue weighted by atomic mass is 10.0. The van der Waals surface area contributed by atoms with E-state index >= 15 is 0 Å². The second-order valence-corrected chi connectivity index (χ2v) is 5.43. The van der Waals surface area contributed by atoms with Gasteiger partial charge in [-0.15, -0.1) is 0 Å². The largest absolute Gasteiger partial charge is 0.497 e. The quantitative estimate of drug-likeness (QED) is 0.633. The highest BCUT2D eigenvalue weighted by Crippen LogP contribution is 2.29. The first-order chi connectivity index (χ1) is 10.7. The average molecular weight is 294 g/mol. The Morgan fingerprint density at radius 2 is 2.00 bits per heavy atom. The second-order valence-electron chi connectivity index (χ2n) is 5.43. The SMILES string of the molecule is COc1ccc(/C=C/C(=O)c2ccc3c(c2)CC(C)O3)cc1. The van der Waals surface area contributed by atoms with Crippen molar-refractivity contribution >= 4 is 11.9 Å². The number of methoxy groups -OCH3 is 1. The molecule has 0 saturated carbocycles. The Labute approximate surface area is 130 Å². The van der Waals surface area contributed by atoms with Gasteiger partial charge in [-0.1, -0.05) is 18.2 Å². The van der Waals surface area contributed by atoms with Crippen molar-refractivity contribution in [1.29, 1.82) is 0 Å². The summed E-state index contributed by atoms with van der Waals surface area (Å²) in [5, 5.41) is 0. The maximum atomic E-state index is 12.3. The number of allylic oxidation sites excluding steroid dienone is 1. The first-order valence-electron chi connectivity index (χ1n) is 7.32. The van der Waals surface area contributed by atoms with Crippen LogP contribution in [0.1, 0.15) is 28.4 Å². The van der Waals surface area contributed by atoms with Crippen LogP contribution in [0.4, 0.5) is 0 Å². The van der Waals surface area contributed by atoms with E-state index in [2.05, 4.69) is 0 Å². The van der Waals surface area contributed by atoms with Gasteiger partial charge in [0.05, 0.1) is 7.11 Å². The van der Waals surface area contributed by atoms with E-state index in [9.17, 15) is 4.79 Å². The minimum Gasteiger partial charge on any atom is -0.497 e. The van der Waals surface area contributed by atoms with Crippen molar-refractivity contribution in [1.82, 2.24) is 0 Å². The van der Waals surface area contributed by atoms with Crippen molar-refractivity contribution in [2.24, 2.45) is 0 Å². The molecular formula is C19H18O3. The van der Waals surface area contributed by atoms with Crippen LogP contribution in [-0.4, -0.2) is 19.0 Å². The Morgan fingerprint density at radius 3 is 2.73 bits per heavy atom. The van der Waals surface area contributed by atoms with Gasteiger partial charge in [0.25, 0.3) is 0 Å². The van der Waals surface area contributed by atoms with E-state index in [1.54, 1.807) is 13.2 Å². The summed E-state index contributed by atoms with van der Waals surface area (Å²) in [5.41, 5.74) is 2.77. The third-order valence-corrected chi connectivity index (χ3v) is 3.72. The van der Waals surface area contributed by atoms with Gasteiger partial charge < -0.3 is 9.47 Å². The molecule has 3 nitrogen and oxygen atoms in total. The topological polar surface area (TPSA) is 35.5 Å². The summed E-state index contributed by atoms with van der Waals surface area (Å²) >= 11 is 0. The molecule has 0 N–H and O–H groups in total. The fourth-order valence-electron chi connectivity index (χ4n) is 2.56. The zero-order valence-electron chi connectivity index (χ0n) is 12.7. The predicted molar refractivity (Wildman–Crippen MR) is 86.6 cm³/mol. The lowest BCUT2D eigenvalue weighted by Gasteiger charge is -2.02. The molecule has 0 amide bonds. The van der Waals surface area contributed by atoms with Crippen molar-refractivity contribution in [2.45, 2.75) is 19.4 Å². The van der Waals surface area contributed by atoms with Gasteiger partial charge in [0.1, 0.15) is 17.6 Å². The Kier molecular flexibility index (Phi) is 3.96. The molecule has 1 aliphatic heterocycles. The van der Waals surface area contributed by atoms with Crippen LogP contribution < -0.4 is 9.47 Å². The normalized spacial score (nSPS) is 16.4. The lowest BCUT2D eigenvalue weighted by Crippen LogP contribution is -2.05. The summed E-state index contributed by atoms with van der Waals surface area (Å²) in [6, 6.07) is 13.2. The van der Waals surface area contributed by atoms with Crippen LogP contribution in [0, 0.1) is 0 Å². The average Bonchev–Trinajstić information content (AvgIpc) is 2.92. The molecule has 1 unspecified atom stereocenters. The highest BCUT2D eigenvalue weighted by atomic mass is 16.5. The fraction of sp³-hybridized carbons (Fsp3) is 0.211.